The van der Waals surface area contributed by atoms with Crippen molar-refractivity contribution < 1.29 is 0 Å². The van der Waals surface area contributed by atoms with Gasteiger partial charge < -0.3 is 0 Å². The van der Waals surface area contributed by atoms with Crippen LogP contribution < -0.4 is 0 Å². The first kappa shape index (κ1) is 28.2. The first-order chi connectivity index (χ1) is 16.6. The molecule has 0 fully saturated rings. The zero-order valence-corrected chi connectivity index (χ0v) is 24.8. The third kappa shape index (κ3) is 6.28. The maximum absolute atomic E-state index is 4.89. The minimum absolute atomic E-state index is 0.0253. The zero-order valence-electron chi connectivity index (χ0n) is 24.8. The van der Waals surface area contributed by atoms with Crippen LogP contribution in [0.3, 0.4) is 0 Å². The fraction of sp³-hybridized carbons (Fsp3) is 0.576. The summed E-state index contributed by atoms with van der Waals surface area (Å²) < 4.78 is 2.37. The number of benzene rings is 2. The second-order valence-corrected chi connectivity index (χ2v) is 13.7. The molecule has 0 bridgehead atoms. The van der Waals surface area contributed by atoms with Crippen molar-refractivity contribution >= 4 is 0 Å². The molecule has 3 nitrogen and oxygen atoms in total. The van der Waals surface area contributed by atoms with Gasteiger partial charge in [0.1, 0.15) is 5.82 Å². The van der Waals surface area contributed by atoms with E-state index in [9.17, 15) is 0 Å². The van der Waals surface area contributed by atoms with Crippen LogP contribution in [0.2, 0.25) is 0 Å². The van der Waals surface area contributed by atoms with E-state index in [-0.39, 0.29) is 16.2 Å². The Morgan fingerprint density at radius 1 is 0.833 bits per heavy atom. The Bertz CT molecular complexity index is 1170. The van der Waals surface area contributed by atoms with E-state index in [4.69, 9.17) is 10.2 Å². The molecule has 1 heterocycles. The molecule has 0 saturated carbocycles. The van der Waals surface area contributed by atoms with Gasteiger partial charge in [0, 0.05) is 11.0 Å². The monoisotopic (exact) mass is 487 g/mol. The van der Waals surface area contributed by atoms with E-state index in [0.717, 1.165) is 30.1 Å². The summed E-state index contributed by atoms with van der Waals surface area (Å²) in [6.45, 7) is 25.3. The van der Waals surface area contributed by atoms with Crippen molar-refractivity contribution in [1.29, 1.82) is 0 Å². The van der Waals surface area contributed by atoms with Crippen molar-refractivity contribution in [2.24, 2.45) is 5.92 Å². The van der Waals surface area contributed by atoms with Crippen LogP contribution in [-0.2, 0) is 22.7 Å². The summed E-state index contributed by atoms with van der Waals surface area (Å²) in [5.41, 5.74) is 6.35. The molecule has 196 valence electrons. The van der Waals surface area contributed by atoms with Gasteiger partial charge in [0.2, 0.25) is 0 Å². The van der Waals surface area contributed by atoms with Crippen LogP contribution in [0.1, 0.15) is 118 Å². The lowest BCUT2D eigenvalue weighted by Crippen LogP contribution is -2.25. The minimum atomic E-state index is -0.0886. The lowest BCUT2D eigenvalue weighted by Gasteiger charge is -2.30. The van der Waals surface area contributed by atoms with Gasteiger partial charge in [-0.05, 0) is 58.4 Å². The Morgan fingerprint density at radius 2 is 1.53 bits per heavy atom. The average molecular weight is 488 g/mol. The highest BCUT2D eigenvalue weighted by Crippen LogP contribution is 2.39. The molecule has 3 aromatic rings. The zero-order chi connectivity index (χ0) is 26.9. The molecule has 36 heavy (non-hydrogen) atoms. The highest BCUT2D eigenvalue weighted by atomic mass is 15.3. The number of hydrogen-bond acceptors (Lipinski definition) is 2. The largest absolute Gasteiger partial charge is 0.278 e. The molecule has 0 aliphatic rings. The Labute approximate surface area is 220 Å². The molecule has 0 aliphatic heterocycles. The van der Waals surface area contributed by atoms with Crippen molar-refractivity contribution in [1.82, 2.24) is 14.8 Å². The summed E-state index contributed by atoms with van der Waals surface area (Å²) in [5, 5.41) is 9.76. The molecule has 0 atom stereocenters. The van der Waals surface area contributed by atoms with E-state index in [1.54, 1.807) is 0 Å². The first-order valence-corrected chi connectivity index (χ1v) is 13.9. The van der Waals surface area contributed by atoms with Crippen LogP contribution >= 0.6 is 0 Å². The molecule has 0 radical (unpaired) electrons. The third-order valence-electron chi connectivity index (χ3n) is 7.16. The van der Waals surface area contributed by atoms with Crippen LogP contribution in [-0.4, -0.2) is 14.8 Å². The van der Waals surface area contributed by atoms with Crippen molar-refractivity contribution in [3.05, 3.63) is 65.0 Å². The van der Waals surface area contributed by atoms with Crippen LogP contribution in [0, 0.1) is 5.92 Å². The smallest absolute Gasteiger partial charge is 0.168 e. The summed E-state index contributed by atoms with van der Waals surface area (Å²) in [6.07, 6.45) is 4.49. The average Bonchev–Trinajstić information content (AvgIpc) is 3.22. The lowest BCUT2D eigenvalue weighted by atomic mass is 9.79. The molecule has 0 amide bonds. The molecule has 0 aliphatic carbocycles. The van der Waals surface area contributed by atoms with Crippen molar-refractivity contribution in [3.8, 4) is 17.1 Å². The molecule has 2 aromatic carbocycles. The van der Waals surface area contributed by atoms with E-state index >= 15 is 0 Å². The lowest BCUT2D eigenvalue weighted by molar-refractivity contribution is 0.424. The van der Waals surface area contributed by atoms with Crippen LogP contribution in [0.5, 0.6) is 0 Å². The van der Waals surface area contributed by atoms with Crippen LogP contribution in [0.25, 0.3) is 17.1 Å². The van der Waals surface area contributed by atoms with Gasteiger partial charge in [0.05, 0.1) is 5.69 Å². The van der Waals surface area contributed by atoms with Gasteiger partial charge in [0.25, 0.3) is 0 Å². The summed E-state index contributed by atoms with van der Waals surface area (Å²) in [6, 6.07) is 15.9. The van der Waals surface area contributed by atoms with E-state index in [1.165, 1.54) is 35.2 Å². The fourth-order valence-electron chi connectivity index (χ4n) is 4.98. The van der Waals surface area contributed by atoms with E-state index in [1.807, 2.05) is 0 Å². The van der Waals surface area contributed by atoms with Crippen molar-refractivity contribution in [2.45, 2.75) is 118 Å². The SMILES string of the molecule is CCCCC(C)(C)c1nnc(-c2cccc(CC(C)C)c2)n1-c1ccc(C(C)(C)C)cc1C(C)(C)C. The number of aromatic nitrogens is 3. The fourth-order valence-corrected chi connectivity index (χ4v) is 4.98. The number of rotatable bonds is 8. The van der Waals surface area contributed by atoms with Gasteiger partial charge in [-0.3, -0.25) is 4.57 Å². The molecule has 0 spiro atoms. The topological polar surface area (TPSA) is 30.7 Å². The van der Waals surface area contributed by atoms with Gasteiger partial charge in [-0.1, -0.05) is 119 Å². The second-order valence-electron chi connectivity index (χ2n) is 13.7. The van der Waals surface area contributed by atoms with Gasteiger partial charge in [-0.25, -0.2) is 0 Å². The highest BCUT2D eigenvalue weighted by Gasteiger charge is 2.32. The summed E-state index contributed by atoms with van der Waals surface area (Å²) in [7, 11) is 0. The van der Waals surface area contributed by atoms with Gasteiger partial charge in [-0.15, -0.1) is 10.2 Å². The molecule has 0 unspecified atom stereocenters. The van der Waals surface area contributed by atoms with Gasteiger partial charge in [0.15, 0.2) is 5.82 Å². The molecular formula is C33H49N3. The Kier molecular flexibility index (Phi) is 8.23. The normalized spacial score (nSPS) is 13.0. The molecule has 1 aromatic heterocycles. The number of unbranched alkanes of at least 4 members (excludes halogenated alkanes) is 1. The maximum atomic E-state index is 4.89. The summed E-state index contributed by atoms with van der Waals surface area (Å²) in [5.74, 6) is 2.60. The van der Waals surface area contributed by atoms with Crippen molar-refractivity contribution in [3.63, 3.8) is 0 Å². The molecule has 0 N–H and O–H groups in total. The Balaban J connectivity index is 2.34. The molecular weight excluding hydrogens is 438 g/mol. The van der Waals surface area contributed by atoms with E-state index in [0.29, 0.717) is 5.92 Å². The van der Waals surface area contributed by atoms with Gasteiger partial charge >= 0.3 is 0 Å². The summed E-state index contributed by atoms with van der Waals surface area (Å²) in [4.78, 5) is 0. The Morgan fingerprint density at radius 3 is 2.11 bits per heavy atom. The van der Waals surface area contributed by atoms with Crippen molar-refractivity contribution in [2.75, 3.05) is 0 Å². The minimum Gasteiger partial charge on any atom is -0.278 e. The molecule has 3 heteroatoms. The first-order valence-electron chi connectivity index (χ1n) is 13.9. The van der Waals surface area contributed by atoms with Crippen LogP contribution in [0.15, 0.2) is 42.5 Å². The third-order valence-corrected chi connectivity index (χ3v) is 7.16. The highest BCUT2D eigenvalue weighted by molar-refractivity contribution is 5.62. The van der Waals surface area contributed by atoms with Gasteiger partial charge in [-0.2, -0.15) is 0 Å². The second kappa shape index (κ2) is 10.5. The predicted octanol–water partition coefficient (Wildman–Crippen LogP) is 9.20. The number of nitrogens with zero attached hydrogens (tertiary/aromatic N) is 3. The van der Waals surface area contributed by atoms with E-state index < -0.39 is 0 Å². The number of hydrogen-bond donors (Lipinski definition) is 0. The maximum Gasteiger partial charge on any atom is 0.168 e. The standard InChI is InChI=1S/C33H49N3/c1-12-13-19-33(10,11)30-35-34-29(25-16-14-15-24(21-25)20-23(2)3)36(30)28-18-17-26(31(4,5)6)22-27(28)32(7,8)9/h14-18,21-23H,12-13,19-20H2,1-11H3. The predicted molar refractivity (Wildman–Crippen MR) is 155 cm³/mol. The van der Waals surface area contributed by atoms with Crippen LogP contribution in [0.4, 0.5) is 0 Å². The molecule has 0 saturated heterocycles. The van der Waals surface area contributed by atoms with E-state index in [2.05, 4.69) is 123 Å². The Hall–Kier alpha value is -2.42. The quantitative estimate of drug-likeness (QED) is 0.317. The molecule has 3 rings (SSSR count). The summed E-state index contributed by atoms with van der Waals surface area (Å²) >= 11 is 0.